The fourth-order valence-corrected chi connectivity index (χ4v) is 3.22. The summed E-state index contributed by atoms with van der Waals surface area (Å²) >= 11 is 3.05. The first kappa shape index (κ1) is 16.7. The van der Waals surface area contributed by atoms with Crippen LogP contribution in [0.25, 0.3) is 0 Å². The van der Waals surface area contributed by atoms with Crippen LogP contribution in [-0.2, 0) is 19.0 Å². The number of rotatable bonds is 4. The fraction of sp³-hybridized carbons (Fsp3) is 0.400. The van der Waals surface area contributed by atoms with Gasteiger partial charge < -0.3 is 14.2 Å². The monoisotopic (exact) mass is 362 g/mol. The maximum Gasteiger partial charge on any atom is 0.433 e. The number of halogens is 4. The summed E-state index contributed by atoms with van der Waals surface area (Å²) < 4.78 is 60.7. The van der Waals surface area contributed by atoms with Gasteiger partial charge in [0.2, 0.25) is 0 Å². The highest BCUT2D eigenvalue weighted by Crippen LogP contribution is 2.68. The molecule has 0 aliphatic heterocycles. The molecule has 0 saturated heterocycles. The Morgan fingerprint density at radius 2 is 1.58 bits per heavy atom. The van der Waals surface area contributed by atoms with Gasteiger partial charge in [0.15, 0.2) is 0 Å². The SMILES string of the molecule is COP(=O)(OC)C(O)(c1ccc(Br)cc1)C(F)(F)F. The lowest BCUT2D eigenvalue weighted by atomic mass is 10.1. The lowest BCUT2D eigenvalue weighted by Gasteiger charge is -2.34. The Morgan fingerprint density at radius 3 is 1.89 bits per heavy atom. The van der Waals surface area contributed by atoms with Gasteiger partial charge in [-0.05, 0) is 12.1 Å². The van der Waals surface area contributed by atoms with Crippen LogP contribution < -0.4 is 0 Å². The normalized spacial score (nSPS) is 16.2. The number of aliphatic hydroxyl groups is 1. The minimum Gasteiger partial charge on any atom is -0.366 e. The Morgan fingerprint density at radius 1 is 1.16 bits per heavy atom. The molecule has 1 unspecified atom stereocenters. The highest BCUT2D eigenvalue weighted by Gasteiger charge is 2.68. The zero-order valence-electron chi connectivity index (χ0n) is 9.94. The summed E-state index contributed by atoms with van der Waals surface area (Å²) in [7, 11) is -3.29. The van der Waals surface area contributed by atoms with E-state index >= 15 is 0 Å². The molecular formula is C10H11BrF3O4P. The standard InChI is InChI=1S/C10H11BrF3O4P/c1-17-19(16,18-2)9(15,10(12,13)14)7-3-5-8(11)6-4-7/h3-6,15H,1-2H3. The van der Waals surface area contributed by atoms with E-state index in [0.717, 1.165) is 26.4 Å². The summed E-state index contributed by atoms with van der Waals surface area (Å²) in [5, 5.41) is 6.24. The predicted octanol–water partition coefficient (Wildman–Crippen LogP) is 3.64. The number of hydrogen-bond donors (Lipinski definition) is 1. The first-order chi connectivity index (χ1) is 8.62. The molecule has 1 rings (SSSR count). The van der Waals surface area contributed by atoms with E-state index < -0.39 is 24.7 Å². The molecule has 0 aliphatic carbocycles. The van der Waals surface area contributed by atoms with Crippen molar-refractivity contribution < 1.29 is 31.9 Å². The minimum absolute atomic E-state index is 0.505. The van der Waals surface area contributed by atoms with Crippen LogP contribution in [-0.4, -0.2) is 25.5 Å². The van der Waals surface area contributed by atoms with Crippen molar-refractivity contribution in [1.82, 2.24) is 0 Å². The highest BCUT2D eigenvalue weighted by molar-refractivity contribution is 9.10. The zero-order chi connectivity index (χ0) is 14.9. The van der Waals surface area contributed by atoms with Crippen molar-refractivity contribution >= 4 is 23.5 Å². The van der Waals surface area contributed by atoms with E-state index in [-0.39, 0.29) is 0 Å². The zero-order valence-corrected chi connectivity index (χ0v) is 12.4. The summed E-state index contributed by atoms with van der Waals surface area (Å²) in [6, 6.07) is 4.54. The Labute approximate surface area is 116 Å². The predicted molar refractivity (Wildman–Crippen MR) is 65.7 cm³/mol. The lowest BCUT2D eigenvalue weighted by Crippen LogP contribution is -2.42. The van der Waals surface area contributed by atoms with E-state index in [4.69, 9.17) is 0 Å². The van der Waals surface area contributed by atoms with Crippen LogP contribution in [0, 0.1) is 0 Å². The first-order valence-electron chi connectivity index (χ1n) is 4.89. The summed E-state index contributed by atoms with van der Waals surface area (Å²) in [6.07, 6.45) is -5.23. The number of alkyl halides is 3. The molecule has 1 atom stereocenters. The molecule has 0 bridgehead atoms. The summed E-state index contributed by atoms with van der Waals surface area (Å²) in [5.74, 6) is 0. The molecule has 0 aliphatic rings. The number of benzene rings is 1. The van der Waals surface area contributed by atoms with Crippen LogP contribution in [0.4, 0.5) is 13.2 Å². The molecule has 0 amide bonds. The second kappa shape index (κ2) is 5.54. The Balaban J connectivity index is 3.54. The Kier molecular flexibility index (Phi) is 4.85. The van der Waals surface area contributed by atoms with Gasteiger partial charge in [-0.2, -0.15) is 13.2 Å². The molecule has 0 spiro atoms. The quantitative estimate of drug-likeness (QED) is 0.830. The molecule has 0 aromatic heterocycles. The maximum absolute atomic E-state index is 13.2. The van der Waals surface area contributed by atoms with Crippen molar-refractivity contribution in [2.75, 3.05) is 14.2 Å². The lowest BCUT2D eigenvalue weighted by molar-refractivity contribution is -0.236. The molecule has 0 heterocycles. The van der Waals surface area contributed by atoms with Crippen molar-refractivity contribution in [1.29, 1.82) is 0 Å². The van der Waals surface area contributed by atoms with Crippen molar-refractivity contribution in [3.05, 3.63) is 34.3 Å². The second-order valence-electron chi connectivity index (χ2n) is 3.54. The fourth-order valence-electron chi connectivity index (χ4n) is 1.50. The van der Waals surface area contributed by atoms with Crippen LogP contribution in [0.2, 0.25) is 0 Å². The van der Waals surface area contributed by atoms with Crippen molar-refractivity contribution in [2.45, 2.75) is 11.5 Å². The van der Waals surface area contributed by atoms with Crippen molar-refractivity contribution in [3.8, 4) is 0 Å². The van der Waals surface area contributed by atoms with Crippen LogP contribution in [0.15, 0.2) is 28.7 Å². The van der Waals surface area contributed by atoms with Crippen LogP contribution in [0.1, 0.15) is 5.56 Å². The molecule has 1 aromatic rings. The molecule has 0 radical (unpaired) electrons. The minimum atomic E-state index is -5.23. The molecule has 1 aromatic carbocycles. The maximum atomic E-state index is 13.2. The van der Waals surface area contributed by atoms with Gasteiger partial charge in [-0.25, -0.2) is 0 Å². The topological polar surface area (TPSA) is 55.8 Å². The van der Waals surface area contributed by atoms with E-state index in [1.165, 1.54) is 12.1 Å². The second-order valence-corrected chi connectivity index (χ2v) is 6.83. The molecular weight excluding hydrogens is 352 g/mol. The third-order valence-electron chi connectivity index (χ3n) is 2.52. The van der Waals surface area contributed by atoms with Gasteiger partial charge in [0.1, 0.15) is 0 Å². The van der Waals surface area contributed by atoms with Gasteiger partial charge >= 0.3 is 13.8 Å². The smallest absolute Gasteiger partial charge is 0.366 e. The molecule has 0 fully saturated rings. The molecule has 1 N–H and O–H groups in total. The molecule has 0 saturated carbocycles. The van der Waals surface area contributed by atoms with E-state index in [9.17, 15) is 22.8 Å². The van der Waals surface area contributed by atoms with E-state index in [2.05, 4.69) is 25.0 Å². The van der Waals surface area contributed by atoms with Crippen LogP contribution in [0.3, 0.4) is 0 Å². The van der Waals surface area contributed by atoms with Gasteiger partial charge in [-0.15, -0.1) is 0 Å². The third kappa shape index (κ3) is 2.73. The van der Waals surface area contributed by atoms with Crippen LogP contribution >= 0.6 is 23.5 Å². The van der Waals surface area contributed by atoms with Gasteiger partial charge in [0, 0.05) is 24.3 Å². The Hall–Kier alpha value is -0.400. The molecule has 19 heavy (non-hydrogen) atoms. The first-order valence-corrected chi connectivity index (χ1v) is 7.22. The molecule has 108 valence electrons. The average molecular weight is 363 g/mol. The third-order valence-corrected chi connectivity index (χ3v) is 5.31. The van der Waals surface area contributed by atoms with Crippen molar-refractivity contribution in [3.63, 3.8) is 0 Å². The van der Waals surface area contributed by atoms with E-state index in [1.54, 1.807) is 0 Å². The Bertz CT molecular complexity index is 483. The summed E-state index contributed by atoms with van der Waals surface area (Å²) in [6.45, 7) is 0. The summed E-state index contributed by atoms with van der Waals surface area (Å²) in [4.78, 5) is 0. The van der Waals surface area contributed by atoms with Gasteiger partial charge in [-0.1, -0.05) is 28.1 Å². The van der Waals surface area contributed by atoms with Gasteiger partial charge in [-0.3, -0.25) is 4.57 Å². The van der Waals surface area contributed by atoms with E-state index in [1.807, 2.05) is 0 Å². The molecule has 9 heteroatoms. The van der Waals surface area contributed by atoms with E-state index in [0.29, 0.717) is 4.47 Å². The van der Waals surface area contributed by atoms with Gasteiger partial charge in [0.05, 0.1) is 0 Å². The summed E-state index contributed by atoms with van der Waals surface area (Å²) in [5.41, 5.74) is -0.629. The number of hydrogen-bond acceptors (Lipinski definition) is 4. The highest BCUT2D eigenvalue weighted by atomic mass is 79.9. The molecule has 4 nitrogen and oxygen atoms in total. The largest absolute Gasteiger partial charge is 0.433 e. The van der Waals surface area contributed by atoms with Crippen molar-refractivity contribution in [2.24, 2.45) is 0 Å². The van der Waals surface area contributed by atoms with Gasteiger partial charge in [0.25, 0.3) is 5.34 Å². The average Bonchev–Trinajstić information content (AvgIpc) is 2.36. The van der Waals surface area contributed by atoms with Crippen LogP contribution in [0.5, 0.6) is 0 Å².